The Kier molecular flexibility index (Phi) is 14.5. The van der Waals surface area contributed by atoms with Crippen LogP contribution in [0.25, 0.3) is 0 Å². The van der Waals surface area contributed by atoms with Crippen LogP contribution in [0.4, 0.5) is 0 Å². The molecule has 0 aliphatic heterocycles. The van der Waals surface area contributed by atoms with Crippen LogP contribution in [0, 0.1) is 0 Å². The van der Waals surface area contributed by atoms with E-state index >= 15 is 0 Å². The first-order chi connectivity index (χ1) is 14.5. The van der Waals surface area contributed by atoms with Gasteiger partial charge in [0.2, 0.25) is 0 Å². The minimum atomic E-state index is 1.07. The molecule has 0 bridgehead atoms. The zero-order valence-corrected chi connectivity index (χ0v) is 20.2. The summed E-state index contributed by atoms with van der Waals surface area (Å²) in [6.45, 7) is 11.2. The summed E-state index contributed by atoms with van der Waals surface area (Å²) in [4.78, 5) is 0. The summed E-state index contributed by atoms with van der Waals surface area (Å²) < 4.78 is 5.09. The van der Waals surface area contributed by atoms with Crippen LogP contribution < -0.4 is 0 Å². The van der Waals surface area contributed by atoms with Gasteiger partial charge in [-0.2, -0.15) is 0 Å². The SMILES string of the molecule is CC(C)=CCCC(C)=CCCC(C)=CCCC(C)=CCCC=CCCc1ccoc1. The highest BCUT2D eigenvalue weighted by Gasteiger charge is 1.94. The fraction of sp³-hybridized carbons (Fsp3) is 0.517. The van der Waals surface area contributed by atoms with E-state index < -0.39 is 0 Å². The van der Waals surface area contributed by atoms with E-state index in [0.717, 1.165) is 32.1 Å². The van der Waals surface area contributed by atoms with Crippen molar-refractivity contribution in [1.82, 2.24) is 0 Å². The lowest BCUT2D eigenvalue weighted by Crippen LogP contribution is -1.82. The van der Waals surface area contributed by atoms with Crippen molar-refractivity contribution in [2.45, 2.75) is 98.8 Å². The lowest BCUT2D eigenvalue weighted by molar-refractivity contribution is 0.564. The number of unbranched alkanes of at least 4 members (excludes halogenated alkanes) is 1. The Balaban J connectivity index is 2.12. The van der Waals surface area contributed by atoms with Gasteiger partial charge in [0.15, 0.2) is 0 Å². The van der Waals surface area contributed by atoms with Crippen LogP contribution in [-0.2, 0) is 6.42 Å². The Hall–Kier alpha value is -2.02. The van der Waals surface area contributed by atoms with Gasteiger partial charge in [-0.05, 0) is 110 Å². The van der Waals surface area contributed by atoms with Gasteiger partial charge in [0, 0.05) is 0 Å². The summed E-state index contributed by atoms with van der Waals surface area (Å²) >= 11 is 0. The third-order valence-corrected chi connectivity index (χ3v) is 5.33. The van der Waals surface area contributed by atoms with E-state index in [2.05, 4.69) is 71.1 Å². The summed E-state index contributed by atoms with van der Waals surface area (Å²) in [5.41, 5.74) is 7.26. The molecule has 0 saturated heterocycles. The van der Waals surface area contributed by atoms with Gasteiger partial charge in [-0.3, -0.25) is 0 Å². The molecule has 1 heteroatoms. The van der Waals surface area contributed by atoms with Gasteiger partial charge in [0.05, 0.1) is 12.5 Å². The topological polar surface area (TPSA) is 13.1 Å². The lowest BCUT2D eigenvalue weighted by atomic mass is 10.0. The highest BCUT2D eigenvalue weighted by atomic mass is 16.3. The second-order valence-corrected chi connectivity index (χ2v) is 8.77. The molecule has 0 radical (unpaired) electrons. The van der Waals surface area contributed by atoms with Crippen LogP contribution in [-0.4, -0.2) is 0 Å². The summed E-state index contributed by atoms with van der Waals surface area (Å²) in [7, 11) is 0. The third kappa shape index (κ3) is 14.9. The molecular formula is C29H44O. The number of aryl methyl sites for hydroxylation is 1. The Labute approximate surface area is 186 Å². The first-order valence-electron chi connectivity index (χ1n) is 11.7. The minimum absolute atomic E-state index is 1.07. The number of allylic oxidation sites excluding steroid dienone is 10. The molecule has 0 atom stereocenters. The van der Waals surface area contributed by atoms with Crippen LogP contribution in [0.2, 0.25) is 0 Å². The normalized spacial score (nSPS) is 13.3. The van der Waals surface area contributed by atoms with Crippen molar-refractivity contribution in [1.29, 1.82) is 0 Å². The summed E-state index contributed by atoms with van der Waals surface area (Å²) in [5.74, 6) is 0. The van der Waals surface area contributed by atoms with E-state index in [4.69, 9.17) is 4.42 Å². The average Bonchev–Trinajstić information content (AvgIpc) is 3.20. The molecule has 1 aromatic heterocycles. The Bertz CT molecular complexity index is 704. The maximum Gasteiger partial charge on any atom is 0.0934 e. The van der Waals surface area contributed by atoms with Crippen molar-refractivity contribution >= 4 is 0 Å². The third-order valence-electron chi connectivity index (χ3n) is 5.33. The molecule has 1 nitrogen and oxygen atoms in total. The van der Waals surface area contributed by atoms with Gasteiger partial charge in [-0.25, -0.2) is 0 Å². The number of hydrogen-bond donors (Lipinski definition) is 0. The maximum absolute atomic E-state index is 5.09. The van der Waals surface area contributed by atoms with Gasteiger partial charge in [0.1, 0.15) is 0 Å². The maximum atomic E-state index is 5.09. The van der Waals surface area contributed by atoms with Crippen LogP contribution in [0.3, 0.4) is 0 Å². The second-order valence-electron chi connectivity index (χ2n) is 8.77. The van der Waals surface area contributed by atoms with E-state index in [-0.39, 0.29) is 0 Å². The molecule has 0 N–H and O–H groups in total. The van der Waals surface area contributed by atoms with Gasteiger partial charge in [-0.1, -0.05) is 58.7 Å². The molecular weight excluding hydrogens is 364 g/mol. The molecule has 166 valence electrons. The molecule has 0 spiro atoms. The second kappa shape index (κ2) is 16.7. The predicted molar refractivity (Wildman–Crippen MR) is 134 cm³/mol. The number of furan rings is 1. The highest BCUT2D eigenvalue weighted by molar-refractivity contribution is 5.08. The monoisotopic (exact) mass is 408 g/mol. The summed E-state index contributed by atoms with van der Waals surface area (Å²) in [6.07, 6.45) is 29.3. The molecule has 1 aromatic rings. The molecule has 0 aliphatic rings. The van der Waals surface area contributed by atoms with E-state index in [1.807, 2.05) is 12.3 Å². The molecule has 0 unspecified atom stereocenters. The lowest BCUT2D eigenvalue weighted by Gasteiger charge is -2.02. The van der Waals surface area contributed by atoms with Crippen molar-refractivity contribution in [2.24, 2.45) is 0 Å². The molecule has 0 fully saturated rings. The van der Waals surface area contributed by atoms with Crippen molar-refractivity contribution in [3.63, 3.8) is 0 Å². The fourth-order valence-corrected chi connectivity index (χ4v) is 3.33. The molecule has 0 aromatic carbocycles. The zero-order chi connectivity index (χ0) is 22.0. The Morgan fingerprint density at radius 1 is 0.667 bits per heavy atom. The largest absolute Gasteiger partial charge is 0.472 e. The standard InChI is InChI=1S/C29H44O/c1-25(2)14-11-16-27(4)18-13-20-28(5)19-12-17-26(3)15-9-7-6-8-10-21-29-22-23-30-24-29/h6,8,14-15,18-19,22-24H,7,9-13,16-17,20-21H2,1-5H3. The van der Waals surface area contributed by atoms with Crippen LogP contribution in [0.5, 0.6) is 0 Å². The smallest absolute Gasteiger partial charge is 0.0934 e. The average molecular weight is 409 g/mol. The molecule has 30 heavy (non-hydrogen) atoms. The van der Waals surface area contributed by atoms with Crippen molar-refractivity contribution in [3.05, 3.63) is 82.9 Å². The van der Waals surface area contributed by atoms with Crippen molar-refractivity contribution in [2.75, 3.05) is 0 Å². The molecule has 0 amide bonds. The van der Waals surface area contributed by atoms with Crippen LogP contribution in [0.1, 0.15) is 98.0 Å². The van der Waals surface area contributed by atoms with Gasteiger partial charge in [0.25, 0.3) is 0 Å². The summed E-state index contributed by atoms with van der Waals surface area (Å²) in [6, 6.07) is 2.04. The van der Waals surface area contributed by atoms with E-state index in [1.165, 1.54) is 60.0 Å². The number of hydrogen-bond acceptors (Lipinski definition) is 1. The van der Waals surface area contributed by atoms with E-state index in [1.54, 1.807) is 6.26 Å². The fourth-order valence-electron chi connectivity index (χ4n) is 3.33. The molecule has 0 aliphatic carbocycles. The minimum Gasteiger partial charge on any atom is -0.472 e. The van der Waals surface area contributed by atoms with E-state index in [0.29, 0.717) is 0 Å². The predicted octanol–water partition coefficient (Wildman–Crippen LogP) is 9.69. The highest BCUT2D eigenvalue weighted by Crippen LogP contribution is 2.14. The molecule has 0 saturated carbocycles. The molecule has 1 heterocycles. The van der Waals surface area contributed by atoms with Crippen LogP contribution in [0.15, 0.2) is 81.8 Å². The number of rotatable bonds is 15. The van der Waals surface area contributed by atoms with Gasteiger partial charge >= 0.3 is 0 Å². The Morgan fingerprint density at radius 3 is 1.73 bits per heavy atom. The quantitative estimate of drug-likeness (QED) is 0.208. The van der Waals surface area contributed by atoms with Crippen molar-refractivity contribution < 1.29 is 4.42 Å². The van der Waals surface area contributed by atoms with E-state index in [9.17, 15) is 0 Å². The first kappa shape index (κ1) is 26.0. The molecule has 1 rings (SSSR count). The van der Waals surface area contributed by atoms with Crippen molar-refractivity contribution in [3.8, 4) is 0 Å². The van der Waals surface area contributed by atoms with Gasteiger partial charge < -0.3 is 4.42 Å². The Morgan fingerprint density at radius 2 is 1.20 bits per heavy atom. The van der Waals surface area contributed by atoms with Gasteiger partial charge in [-0.15, -0.1) is 0 Å². The zero-order valence-electron chi connectivity index (χ0n) is 20.2. The first-order valence-corrected chi connectivity index (χ1v) is 11.7. The summed E-state index contributed by atoms with van der Waals surface area (Å²) in [5, 5.41) is 0. The van der Waals surface area contributed by atoms with Crippen LogP contribution >= 0.6 is 0 Å².